The molecule has 1 amide bonds. The summed E-state index contributed by atoms with van der Waals surface area (Å²) in [7, 11) is -3.33. The van der Waals surface area contributed by atoms with Crippen LogP contribution in [0.2, 0.25) is 0 Å². The molecule has 0 radical (unpaired) electrons. The Morgan fingerprint density at radius 3 is 2.73 bits per heavy atom. The van der Waals surface area contributed by atoms with Crippen molar-refractivity contribution in [2.75, 3.05) is 18.8 Å². The highest BCUT2D eigenvalue weighted by atomic mass is 32.2. The van der Waals surface area contributed by atoms with E-state index >= 15 is 0 Å². The van der Waals surface area contributed by atoms with Gasteiger partial charge < -0.3 is 4.90 Å². The largest absolute Gasteiger partial charge is 0.342 e. The number of pyridine rings is 1. The molecule has 7 heteroatoms. The second-order valence-corrected chi connectivity index (χ2v) is 8.20. The molecule has 2 atom stereocenters. The summed E-state index contributed by atoms with van der Waals surface area (Å²) in [6.45, 7) is 3.41. The molecule has 2 aliphatic rings. The first-order valence-corrected chi connectivity index (χ1v) is 9.26. The maximum Gasteiger partial charge on any atom is 0.225 e. The molecule has 6 nitrogen and oxygen atoms in total. The molecular formula is C15H21N3O3S. The van der Waals surface area contributed by atoms with Crippen molar-refractivity contribution in [3.05, 3.63) is 30.1 Å². The van der Waals surface area contributed by atoms with Crippen molar-refractivity contribution in [1.29, 1.82) is 0 Å². The van der Waals surface area contributed by atoms with E-state index in [9.17, 15) is 13.2 Å². The molecule has 1 aromatic heterocycles. The van der Waals surface area contributed by atoms with Gasteiger partial charge in [0.1, 0.15) is 0 Å². The van der Waals surface area contributed by atoms with Gasteiger partial charge in [-0.2, -0.15) is 0 Å². The molecule has 120 valence electrons. The summed E-state index contributed by atoms with van der Waals surface area (Å²) in [5.74, 6) is 0.987. The van der Waals surface area contributed by atoms with Crippen LogP contribution in [0, 0.1) is 17.8 Å². The Kier molecular flexibility index (Phi) is 4.18. The van der Waals surface area contributed by atoms with Crippen molar-refractivity contribution in [2.45, 2.75) is 19.9 Å². The predicted octanol–water partition coefficient (Wildman–Crippen LogP) is 0.615. The molecule has 0 spiro atoms. The van der Waals surface area contributed by atoms with E-state index in [1.807, 2.05) is 6.07 Å². The van der Waals surface area contributed by atoms with E-state index in [0.29, 0.717) is 24.7 Å². The third kappa shape index (κ3) is 3.64. The van der Waals surface area contributed by atoms with E-state index in [-0.39, 0.29) is 30.0 Å². The van der Waals surface area contributed by atoms with Crippen LogP contribution in [0.25, 0.3) is 0 Å². The second kappa shape index (κ2) is 5.96. The van der Waals surface area contributed by atoms with Gasteiger partial charge in [0.25, 0.3) is 0 Å². The molecule has 1 saturated carbocycles. The lowest BCUT2D eigenvalue weighted by molar-refractivity contribution is -0.138. The van der Waals surface area contributed by atoms with Gasteiger partial charge in [0, 0.05) is 31.1 Å². The monoisotopic (exact) mass is 323 g/mol. The summed E-state index contributed by atoms with van der Waals surface area (Å²) in [5.41, 5.74) is 0.694. The molecule has 3 rings (SSSR count). The quantitative estimate of drug-likeness (QED) is 0.832. The molecule has 1 N–H and O–H groups in total. The number of nitrogens with one attached hydrogen (secondary N) is 1. The van der Waals surface area contributed by atoms with Crippen molar-refractivity contribution in [3.63, 3.8) is 0 Å². The molecule has 22 heavy (non-hydrogen) atoms. The Bertz CT molecular complexity index is 641. The van der Waals surface area contributed by atoms with Gasteiger partial charge in [-0.25, -0.2) is 13.1 Å². The predicted molar refractivity (Wildman–Crippen MR) is 82.2 cm³/mol. The molecule has 1 aliphatic carbocycles. The van der Waals surface area contributed by atoms with Crippen molar-refractivity contribution < 1.29 is 13.2 Å². The number of likely N-dealkylation sites (tertiary alicyclic amines) is 1. The van der Waals surface area contributed by atoms with Gasteiger partial charge in [-0.1, -0.05) is 13.0 Å². The van der Waals surface area contributed by atoms with E-state index in [1.54, 1.807) is 23.2 Å². The molecular weight excluding hydrogens is 302 g/mol. The number of nitrogens with zero attached hydrogens (tertiary/aromatic N) is 2. The number of carbonyl (C=O) groups excluding carboxylic acids is 1. The van der Waals surface area contributed by atoms with Crippen LogP contribution >= 0.6 is 0 Å². The Labute approximate surface area is 131 Å². The molecule has 2 fully saturated rings. The molecule has 0 unspecified atom stereocenters. The van der Waals surface area contributed by atoms with E-state index in [0.717, 1.165) is 6.42 Å². The van der Waals surface area contributed by atoms with Crippen LogP contribution in [0.5, 0.6) is 0 Å². The molecule has 0 bridgehead atoms. The zero-order valence-corrected chi connectivity index (χ0v) is 13.4. The average molecular weight is 323 g/mol. The maximum absolute atomic E-state index is 12.0. The van der Waals surface area contributed by atoms with Crippen LogP contribution in [0.4, 0.5) is 0 Å². The zero-order valence-electron chi connectivity index (χ0n) is 12.6. The molecule has 1 saturated heterocycles. The minimum Gasteiger partial charge on any atom is -0.342 e. The minimum absolute atomic E-state index is 0.0410. The van der Waals surface area contributed by atoms with Crippen molar-refractivity contribution in [2.24, 2.45) is 17.8 Å². The second-order valence-electron chi connectivity index (χ2n) is 6.35. The number of hydrogen-bond donors (Lipinski definition) is 1. The third-order valence-electron chi connectivity index (χ3n) is 4.35. The van der Waals surface area contributed by atoms with E-state index in [1.165, 1.54) is 0 Å². The first kappa shape index (κ1) is 15.4. The highest BCUT2D eigenvalue weighted by molar-refractivity contribution is 7.89. The summed E-state index contributed by atoms with van der Waals surface area (Å²) in [5, 5.41) is 0. The van der Waals surface area contributed by atoms with Crippen LogP contribution in [-0.4, -0.2) is 43.1 Å². The summed E-state index contributed by atoms with van der Waals surface area (Å²) in [6.07, 6.45) is 2.61. The number of sulfonamides is 1. The van der Waals surface area contributed by atoms with E-state index in [2.05, 4.69) is 16.6 Å². The number of aromatic nitrogens is 1. The van der Waals surface area contributed by atoms with Crippen LogP contribution in [0.15, 0.2) is 24.4 Å². The Morgan fingerprint density at radius 1 is 1.41 bits per heavy atom. The van der Waals surface area contributed by atoms with Gasteiger partial charge >= 0.3 is 0 Å². The molecule has 0 aromatic carbocycles. The number of amides is 1. The van der Waals surface area contributed by atoms with Crippen molar-refractivity contribution >= 4 is 15.9 Å². The number of carbonyl (C=O) groups is 1. The smallest absolute Gasteiger partial charge is 0.225 e. The lowest BCUT2D eigenvalue weighted by Crippen LogP contribution is -2.53. The fraction of sp³-hybridized carbons (Fsp3) is 0.600. The van der Waals surface area contributed by atoms with E-state index < -0.39 is 10.0 Å². The summed E-state index contributed by atoms with van der Waals surface area (Å²) >= 11 is 0. The normalized spacial score (nSPS) is 24.9. The van der Waals surface area contributed by atoms with Crippen LogP contribution in [-0.2, 0) is 21.4 Å². The van der Waals surface area contributed by atoms with Crippen molar-refractivity contribution in [1.82, 2.24) is 14.6 Å². The fourth-order valence-electron chi connectivity index (χ4n) is 2.81. The Balaban J connectivity index is 1.42. The molecule has 1 aromatic rings. The third-order valence-corrected chi connectivity index (χ3v) is 5.84. The van der Waals surface area contributed by atoms with E-state index in [4.69, 9.17) is 0 Å². The SMILES string of the molecule is C[C@H]1C[C@@H]1C(=O)N1CC(CS(=O)(=O)NCc2ccccn2)C1. The Morgan fingerprint density at radius 2 is 2.14 bits per heavy atom. The number of rotatable bonds is 6. The summed E-state index contributed by atoms with van der Waals surface area (Å²) in [4.78, 5) is 17.8. The summed E-state index contributed by atoms with van der Waals surface area (Å²) < 4.78 is 26.6. The fourth-order valence-corrected chi connectivity index (χ4v) is 4.13. The van der Waals surface area contributed by atoms with Gasteiger partial charge in [-0.3, -0.25) is 9.78 Å². The first-order valence-electron chi connectivity index (χ1n) is 7.60. The van der Waals surface area contributed by atoms with Gasteiger partial charge in [-0.05, 0) is 24.5 Å². The summed E-state index contributed by atoms with van der Waals surface area (Å²) in [6, 6.07) is 5.40. The average Bonchev–Trinajstić information content (AvgIpc) is 3.18. The highest BCUT2D eigenvalue weighted by Crippen LogP contribution is 2.40. The maximum atomic E-state index is 12.0. The highest BCUT2D eigenvalue weighted by Gasteiger charge is 2.45. The zero-order chi connectivity index (χ0) is 15.7. The van der Waals surface area contributed by atoms with Gasteiger partial charge in [-0.15, -0.1) is 0 Å². The van der Waals surface area contributed by atoms with Gasteiger partial charge in [0.05, 0.1) is 18.0 Å². The van der Waals surface area contributed by atoms with Crippen LogP contribution in [0.3, 0.4) is 0 Å². The van der Waals surface area contributed by atoms with Gasteiger partial charge in [0.15, 0.2) is 0 Å². The van der Waals surface area contributed by atoms with Crippen molar-refractivity contribution in [3.8, 4) is 0 Å². The lowest BCUT2D eigenvalue weighted by atomic mass is 10.0. The lowest BCUT2D eigenvalue weighted by Gasteiger charge is -2.39. The van der Waals surface area contributed by atoms with Crippen LogP contribution in [0.1, 0.15) is 19.0 Å². The van der Waals surface area contributed by atoms with Gasteiger partial charge in [0.2, 0.25) is 15.9 Å². The minimum atomic E-state index is -3.33. The Hall–Kier alpha value is -1.47. The standard InChI is InChI=1S/C15H21N3O3S/c1-11-6-14(11)15(19)18-8-12(9-18)10-22(20,21)17-7-13-4-2-3-5-16-13/h2-5,11-12,14,17H,6-10H2,1H3/t11-,14-/m0/s1. The van der Waals surface area contributed by atoms with Crippen LogP contribution < -0.4 is 4.72 Å². The number of hydrogen-bond acceptors (Lipinski definition) is 4. The first-order chi connectivity index (χ1) is 10.4. The molecule has 1 aliphatic heterocycles. The molecule has 2 heterocycles. The topological polar surface area (TPSA) is 79.4 Å².